The topological polar surface area (TPSA) is 70.5 Å². The van der Waals surface area contributed by atoms with E-state index in [2.05, 4.69) is 4.98 Å². The van der Waals surface area contributed by atoms with Crippen molar-refractivity contribution in [2.45, 2.75) is 38.6 Å². The summed E-state index contributed by atoms with van der Waals surface area (Å²) in [6.45, 7) is 3.35. The Bertz CT molecular complexity index is 766. The second-order valence-corrected chi connectivity index (χ2v) is 6.31. The van der Waals surface area contributed by atoms with Crippen molar-refractivity contribution in [1.82, 2.24) is 9.88 Å². The molecule has 0 spiro atoms. The van der Waals surface area contributed by atoms with Crippen LogP contribution in [0.5, 0.6) is 0 Å². The lowest BCUT2D eigenvalue weighted by atomic mass is 10.0. The third-order valence-corrected chi connectivity index (χ3v) is 4.15. The zero-order valence-corrected chi connectivity index (χ0v) is 13.3. The van der Waals surface area contributed by atoms with Gasteiger partial charge in [-0.3, -0.25) is 14.6 Å². The molecule has 1 saturated carbocycles. The fraction of sp³-hybridized carbons (Fsp3) is 0.389. The van der Waals surface area contributed by atoms with E-state index in [0.29, 0.717) is 11.5 Å². The first-order valence-corrected chi connectivity index (χ1v) is 7.90. The van der Waals surface area contributed by atoms with Gasteiger partial charge in [0, 0.05) is 23.0 Å². The minimum atomic E-state index is -1.01. The first-order chi connectivity index (χ1) is 11.0. The normalized spacial score (nSPS) is 14.2. The van der Waals surface area contributed by atoms with Crippen molar-refractivity contribution in [2.24, 2.45) is 0 Å². The maximum atomic E-state index is 13.0. The van der Waals surface area contributed by atoms with Crippen molar-refractivity contribution in [2.75, 3.05) is 6.54 Å². The number of carbonyl (C=O) groups is 2. The number of aliphatic carboxylic acids is 1. The third-order valence-electron chi connectivity index (χ3n) is 4.15. The van der Waals surface area contributed by atoms with Gasteiger partial charge in [0.15, 0.2) is 0 Å². The minimum absolute atomic E-state index is 0.185. The summed E-state index contributed by atoms with van der Waals surface area (Å²) in [7, 11) is 0. The molecule has 1 aromatic heterocycles. The van der Waals surface area contributed by atoms with E-state index in [0.717, 1.165) is 29.4 Å². The van der Waals surface area contributed by atoms with E-state index in [1.54, 1.807) is 0 Å². The largest absolute Gasteiger partial charge is 0.480 e. The van der Waals surface area contributed by atoms with Crippen LogP contribution in [0.1, 0.15) is 48.7 Å². The Kier molecular flexibility index (Phi) is 4.03. The second-order valence-electron chi connectivity index (χ2n) is 6.31. The van der Waals surface area contributed by atoms with Crippen LogP contribution in [0, 0.1) is 0 Å². The van der Waals surface area contributed by atoms with Crippen molar-refractivity contribution in [3.05, 3.63) is 41.6 Å². The van der Waals surface area contributed by atoms with Crippen LogP contribution in [-0.4, -0.2) is 39.5 Å². The van der Waals surface area contributed by atoms with Crippen LogP contribution in [0.3, 0.4) is 0 Å². The lowest BCUT2D eigenvalue weighted by Gasteiger charge is -2.25. The maximum Gasteiger partial charge on any atom is 0.323 e. The van der Waals surface area contributed by atoms with Crippen LogP contribution < -0.4 is 0 Å². The monoisotopic (exact) mass is 312 g/mol. The molecule has 0 aliphatic heterocycles. The number of carboxylic acid groups (broad SMARTS) is 1. The molecule has 0 saturated heterocycles. The number of fused-ring (bicyclic) bond motifs is 1. The second kappa shape index (κ2) is 5.99. The van der Waals surface area contributed by atoms with Gasteiger partial charge in [-0.05, 0) is 38.8 Å². The average Bonchev–Trinajstić information content (AvgIpc) is 3.35. The van der Waals surface area contributed by atoms with Crippen molar-refractivity contribution in [3.63, 3.8) is 0 Å². The molecular formula is C18H20N2O3. The zero-order valence-electron chi connectivity index (χ0n) is 13.3. The van der Waals surface area contributed by atoms with Crippen LogP contribution in [0.4, 0.5) is 0 Å². The van der Waals surface area contributed by atoms with Crippen LogP contribution in [-0.2, 0) is 4.79 Å². The van der Waals surface area contributed by atoms with E-state index in [-0.39, 0.29) is 18.5 Å². The molecular weight excluding hydrogens is 292 g/mol. The molecule has 5 nitrogen and oxygen atoms in total. The smallest absolute Gasteiger partial charge is 0.323 e. The minimum Gasteiger partial charge on any atom is -0.480 e. The predicted molar refractivity (Wildman–Crippen MR) is 87.5 cm³/mol. The molecule has 0 bridgehead atoms. The summed E-state index contributed by atoms with van der Waals surface area (Å²) in [4.78, 5) is 30.1. The van der Waals surface area contributed by atoms with Crippen molar-refractivity contribution >= 4 is 22.8 Å². The van der Waals surface area contributed by atoms with Crippen molar-refractivity contribution < 1.29 is 14.7 Å². The molecule has 1 aliphatic rings. The highest BCUT2D eigenvalue weighted by Gasteiger charge is 2.29. The standard InChI is InChI=1S/C18H20N2O3/c1-11(2)20(10-17(21)22)18(23)14-9-16(12-7-8-12)19-15-6-4-3-5-13(14)15/h3-6,9,11-12H,7-8,10H2,1-2H3,(H,21,22). The molecule has 0 atom stereocenters. The molecule has 1 amide bonds. The summed E-state index contributed by atoms with van der Waals surface area (Å²) < 4.78 is 0. The van der Waals surface area contributed by atoms with E-state index < -0.39 is 5.97 Å². The number of amides is 1. The van der Waals surface area contributed by atoms with Crippen molar-refractivity contribution in [3.8, 4) is 0 Å². The Morgan fingerprint density at radius 2 is 2.00 bits per heavy atom. The number of carboxylic acids is 1. The molecule has 1 fully saturated rings. The van der Waals surface area contributed by atoms with E-state index in [1.807, 2.05) is 44.2 Å². The lowest BCUT2D eigenvalue weighted by molar-refractivity contribution is -0.138. The number of rotatable bonds is 5. The average molecular weight is 312 g/mol. The van der Waals surface area contributed by atoms with Gasteiger partial charge >= 0.3 is 5.97 Å². The summed E-state index contributed by atoms with van der Waals surface area (Å²) in [5, 5.41) is 9.86. The van der Waals surface area contributed by atoms with Gasteiger partial charge in [0.1, 0.15) is 6.54 Å². The van der Waals surface area contributed by atoms with E-state index in [4.69, 9.17) is 5.11 Å². The summed E-state index contributed by atoms with van der Waals surface area (Å²) in [6.07, 6.45) is 2.20. The van der Waals surface area contributed by atoms with E-state index in [1.165, 1.54) is 4.90 Å². The Labute approximate surface area is 134 Å². The zero-order chi connectivity index (χ0) is 16.6. The number of benzene rings is 1. The Morgan fingerprint density at radius 1 is 1.30 bits per heavy atom. The highest BCUT2D eigenvalue weighted by atomic mass is 16.4. The van der Waals surface area contributed by atoms with Gasteiger partial charge in [0.25, 0.3) is 5.91 Å². The molecule has 0 radical (unpaired) electrons. The predicted octanol–water partition coefficient (Wildman–Crippen LogP) is 3.05. The first kappa shape index (κ1) is 15.5. The van der Waals surface area contributed by atoms with Crippen LogP contribution >= 0.6 is 0 Å². The third kappa shape index (κ3) is 3.18. The van der Waals surface area contributed by atoms with Gasteiger partial charge in [-0.1, -0.05) is 18.2 Å². The Balaban J connectivity index is 2.09. The summed E-state index contributed by atoms with van der Waals surface area (Å²) >= 11 is 0. The quantitative estimate of drug-likeness (QED) is 0.921. The number of nitrogens with zero attached hydrogens (tertiary/aromatic N) is 2. The molecule has 0 unspecified atom stereocenters. The Hall–Kier alpha value is -2.43. The van der Waals surface area contributed by atoms with Crippen LogP contribution in [0.25, 0.3) is 10.9 Å². The number of carbonyl (C=O) groups excluding carboxylic acids is 1. The molecule has 1 N–H and O–H groups in total. The highest BCUT2D eigenvalue weighted by Crippen LogP contribution is 2.40. The fourth-order valence-corrected chi connectivity index (χ4v) is 2.75. The van der Waals surface area contributed by atoms with Gasteiger partial charge in [0.2, 0.25) is 0 Å². The van der Waals surface area contributed by atoms with E-state index in [9.17, 15) is 9.59 Å². The molecule has 2 aromatic rings. The maximum absolute atomic E-state index is 13.0. The number of hydrogen-bond donors (Lipinski definition) is 1. The summed E-state index contributed by atoms with van der Waals surface area (Å²) in [6, 6.07) is 9.20. The van der Waals surface area contributed by atoms with Crippen molar-refractivity contribution in [1.29, 1.82) is 0 Å². The van der Waals surface area contributed by atoms with Gasteiger partial charge < -0.3 is 10.0 Å². The number of para-hydroxylation sites is 1. The molecule has 3 rings (SSSR count). The van der Waals surface area contributed by atoms with Crippen LogP contribution in [0.2, 0.25) is 0 Å². The van der Waals surface area contributed by atoms with Gasteiger partial charge in [-0.2, -0.15) is 0 Å². The lowest BCUT2D eigenvalue weighted by Crippen LogP contribution is -2.40. The fourth-order valence-electron chi connectivity index (χ4n) is 2.75. The molecule has 120 valence electrons. The molecule has 1 heterocycles. The van der Waals surface area contributed by atoms with E-state index >= 15 is 0 Å². The van der Waals surface area contributed by atoms with Gasteiger partial charge in [-0.25, -0.2) is 0 Å². The SMILES string of the molecule is CC(C)N(CC(=O)O)C(=O)c1cc(C2CC2)nc2ccccc12. The first-order valence-electron chi connectivity index (χ1n) is 7.90. The molecule has 23 heavy (non-hydrogen) atoms. The number of pyridine rings is 1. The highest BCUT2D eigenvalue weighted by molar-refractivity contribution is 6.07. The summed E-state index contributed by atoms with van der Waals surface area (Å²) in [5.74, 6) is -0.825. The van der Waals surface area contributed by atoms with Crippen LogP contribution in [0.15, 0.2) is 30.3 Å². The molecule has 5 heteroatoms. The number of hydrogen-bond acceptors (Lipinski definition) is 3. The Morgan fingerprint density at radius 3 is 2.61 bits per heavy atom. The summed E-state index contributed by atoms with van der Waals surface area (Å²) in [5.41, 5.74) is 2.28. The molecule has 1 aromatic carbocycles. The van der Waals surface area contributed by atoms with Gasteiger partial charge in [0.05, 0.1) is 11.1 Å². The van der Waals surface area contributed by atoms with Gasteiger partial charge in [-0.15, -0.1) is 0 Å². The number of aromatic nitrogens is 1. The molecule has 1 aliphatic carbocycles.